The second-order valence-corrected chi connectivity index (χ2v) is 10.9. The molecule has 156 valence electrons. The van der Waals surface area contributed by atoms with Crippen LogP contribution in [0.3, 0.4) is 0 Å². The number of hydrogen-bond donors (Lipinski definition) is 0. The number of anilines is 1. The Bertz CT molecular complexity index is 1190. The highest BCUT2D eigenvalue weighted by Gasteiger charge is 2.33. The molecule has 0 saturated carbocycles. The second kappa shape index (κ2) is 7.43. The Balaban J connectivity index is 2.06. The Hall–Kier alpha value is -2.43. The minimum Gasteiger partial charge on any atom is -0.465 e. The normalized spacial score (nSPS) is 14.2. The molecule has 0 aromatic heterocycles. The van der Waals surface area contributed by atoms with Crippen LogP contribution in [0.25, 0.3) is 0 Å². The van der Waals surface area contributed by atoms with E-state index in [1.165, 1.54) is 55.8 Å². The van der Waals surface area contributed by atoms with Crippen molar-refractivity contribution in [2.24, 2.45) is 0 Å². The predicted molar refractivity (Wildman–Crippen MR) is 108 cm³/mol. The second-order valence-electron chi connectivity index (χ2n) is 6.88. The highest BCUT2D eigenvalue weighted by atomic mass is 32.2. The van der Waals surface area contributed by atoms with E-state index in [9.17, 15) is 21.6 Å². The van der Waals surface area contributed by atoms with Gasteiger partial charge in [-0.15, -0.1) is 0 Å². The summed E-state index contributed by atoms with van der Waals surface area (Å²) in [5, 5.41) is 0. The summed E-state index contributed by atoms with van der Waals surface area (Å²) >= 11 is 0. The Morgan fingerprint density at radius 2 is 1.76 bits per heavy atom. The topological polar surface area (TPSA) is 101 Å². The molecule has 0 fully saturated rings. The van der Waals surface area contributed by atoms with E-state index in [-0.39, 0.29) is 21.9 Å². The number of nitrogens with zero attached hydrogens (tertiary/aromatic N) is 2. The fourth-order valence-electron chi connectivity index (χ4n) is 3.21. The standard InChI is InChI=1S/C19H22N2O6S2/c1-13-5-6-15(19(22)27-4)12-18(13)29(25,26)21-10-9-14-11-16(7-8-17(14)21)28(23,24)20(2)3/h5-8,11-12H,9-10H2,1-4H3. The molecule has 2 aromatic rings. The number of aryl methyl sites for hydroxylation is 1. The van der Waals surface area contributed by atoms with Gasteiger partial charge in [-0.3, -0.25) is 4.31 Å². The smallest absolute Gasteiger partial charge is 0.337 e. The molecule has 0 unspecified atom stereocenters. The maximum absolute atomic E-state index is 13.3. The van der Waals surface area contributed by atoms with E-state index in [1.807, 2.05) is 0 Å². The lowest BCUT2D eigenvalue weighted by atomic mass is 10.1. The molecule has 3 rings (SSSR count). The van der Waals surface area contributed by atoms with Crippen molar-refractivity contribution in [2.75, 3.05) is 32.1 Å². The van der Waals surface area contributed by atoms with E-state index in [0.717, 1.165) is 4.31 Å². The van der Waals surface area contributed by atoms with Crippen LogP contribution < -0.4 is 4.31 Å². The first-order valence-corrected chi connectivity index (χ1v) is 11.7. The number of sulfonamides is 2. The third-order valence-corrected chi connectivity index (χ3v) is 8.63. The molecular formula is C19H22N2O6S2. The highest BCUT2D eigenvalue weighted by molar-refractivity contribution is 7.93. The predicted octanol–water partition coefficient (Wildman–Crippen LogP) is 1.78. The molecule has 0 amide bonds. The van der Waals surface area contributed by atoms with Gasteiger partial charge in [0.2, 0.25) is 10.0 Å². The van der Waals surface area contributed by atoms with Crippen LogP contribution in [0.2, 0.25) is 0 Å². The Morgan fingerprint density at radius 3 is 2.38 bits per heavy atom. The molecule has 2 aromatic carbocycles. The van der Waals surface area contributed by atoms with E-state index in [1.54, 1.807) is 13.0 Å². The van der Waals surface area contributed by atoms with Crippen molar-refractivity contribution in [1.29, 1.82) is 0 Å². The average molecular weight is 439 g/mol. The molecular weight excluding hydrogens is 416 g/mol. The summed E-state index contributed by atoms with van der Waals surface area (Å²) in [5.74, 6) is -0.623. The maximum Gasteiger partial charge on any atom is 0.337 e. The fourth-order valence-corrected chi connectivity index (χ4v) is 5.92. The molecule has 0 saturated heterocycles. The van der Waals surface area contributed by atoms with Gasteiger partial charge < -0.3 is 4.74 Å². The van der Waals surface area contributed by atoms with Crippen molar-refractivity contribution in [3.63, 3.8) is 0 Å². The van der Waals surface area contributed by atoms with Crippen LogP contribution in [0.4, 0.5) is 5.69 Å². The number of rotatable bonds is 5. The number of benzene rings is 2. The van der Waals surface area contributed by atoms with Crippen LogP contribution in [0.5, 0.6) is 0 Å². The molecule has 10 heteroatoms. The van der Waals surface area contributed by atoms with Gasteiger partial charge in [-0.2, -0.15) is 0 Å². The number of hydrogen-bond acceptors (Lipinski definition) is 6. The number of carbonyl (C=O) groups is 1. The Kier molecular flexibility index (Phi) is 5.46. The first kappa shape index (κ1) is 21.3. The zero-order valence-corrected chi connectivity index (χ0v) is 18.2. The lowest BCUT2D eigenvalue weighted by Gasteiger charge is -2.21. The maximum atomic E-state index is 13.3. The molecule has 8 nitrogen and oxygen atoms in total. The summed E-state index contributed by atoms with van der Waals surface area (Å²) in [7, 11) is -3.45. The zero-order chi connectivity index (χ0) is 21.6. The fraction of sp³-hybridized carbons (Fsp3) is 0.316. The largest absolute Gasteiger partial charge is 0.465 e. The molecule has 1 aliphatic rings. The molecule has 0 bridgehead atoms. The van der Waals surface area contributed by atoms with E-state index < -0.39 is 26.0 Å². The first-order valence-electron chi connectivity index (χ1n) is 8.77. The molecule has 0 N–H and O–H groups in total. The summed E-state index contributed by atoms with van der Waals surface area (Å²) in [6, 6.07) is 8.80. The van der Waals surface area contributed by atoms with Crippen LogP contribution in [0.1, 0.15) is 21.5 Å². The van der Waals surface area contributed by atoms with Crippen molar-refractivity contribution in [2.45, 2.75) is 23.1 Å². The third-order valence-electron chi connectivity index (χ3n) is 4.86. The zero-order valence-electron chi connectivity index (χ0n) is 16.5. The number of carbonyl (C=O) groups excluding carboxylic acids is 1. The summed E-state index contributed by atoms with van der Waals surface area (Å²) in [4.78, 5) is 11.9. The van der Waals surface area contributed by atoms with Crippen LogP contribution in [-0.4, -0.2) is 54.9 Å². The molecule has 0 aliphatic carbocycles. The molecule has 0 spiro atoms. The van der Waals surface area contributed by atoms with E-state index >= 15 is 0 Å². The SMILES string of the molecule is COC(=O)c1ccc(C)c(S(=O)(=O)N2CCc3cc(S(=O)(=O)N(C)C)ccc32)c1. The van der Waals surface area contributed by atoms with Gasteiger partial charge in [0.15, 0.2) is 0 Å². The van der Waals surface area contributed by atoms with Gasteiger partial charge in [-0.25, -0.2) is 25.9 Å². The monoisotopic (exact) mass is 438 g/mol. The van der Waals surface area contributed by atoms with Crippen LogP contribution in [0.15, 0.2) is 46.2 Å². The lowest BCUT2D eigenvalue weighted by Crippen LogP contribution is -2.30. The minimum absolute atomic E-state index is 0.0123. The van der Waals surface area contributed by atoms with Gasteiger partial charge in [-0.05, 0) is 54.8 Å². The quantitative estimate of drug-likeness (QED) is 0.660. The first-order chi connectivity index (χ1) is 13.5. The highest BCUT2D eigenvalue weighted by Crippen LogP contribution is 2.35. The van der Waals surface area contributed by atoms with Crippen molar-refractivity contribution in [3.05, 3.63) is 53.1 Å². The van der Waals surface area contributed by atoms with E-state index in [4.69, 9.17) is 0 Å². The van der Waals surface area contributed by atoms with Crippen LogP contribution >= 0.6 is 0 Å². The average Bonchev–Trinajstić information content (AvgIpc) is 3.11. The van der Waals surface area contributed by atoms with Gasteiger partial charge in [-0.1, -0.05) is 6.07 Å². The van der Waals surface area contributed by atoms with Crippen LogP contribution in [-0.2, 0) is 31.2 Å². The summed E-state index contributed by atoms with van der Waals surface area (Å²) in [6.07, 6.45) is 0.390. The van der Waals surface area contributed by atoms with Crippen molar-refractivity contribution >= 4 is 31.7 Å². The summed E-state index contributed by atoms with van der Waals surface area (Å²) < 4.78 is 58.4. The lowest BCUT2D eigenvalue weighted by molar-refractivity contribution is 0.0600. The molecule has 0 atom stereocenters. The minimum atomic E-state index is -3.95. The van der Waals surface area contributed by atoms with Crippen LogP contribution in [0, 0.1) is 6.92 Å². The van der Waals surface area contributed by atoms with Gasteiger partial charge in [0.05, 0.1) is 28.2 Å². The van der Waals surface area contributed by atoms with Gasteiger partial charge in [0.1, 0.15) is 0 Å². The number of fused-ring (bicyclic) bond motifs is 1. The number of esters is 1. The van der Waals surface area contributed by atoms with Crippen molar-refractivity contribution < 1.29 is 26.4 Å². The van der Waals surface area contributed by atoms with Gasteiger partial charge >= 0.3 is 5.97 Å². The molecule has 1 heterocycles. The third kappa shape index (κ3) is 3.63. The van der Waals surface area contributed by atoms with E-state index in [2.05, 4.69) is 4.74 Å². The van der Waals surface area contributed by atoms with E-state index in [0.29, 0.717) is 23.2 Å². The van der Waals surface area contributed by atoms with Crippen molar-refractivity contribution in [3.8, 4) is 0 Å². The number of ether oxygens (including phenoxy) is 1. The summed E-state index contributed by atoms with van der Waals surface area (Å²) in [5.41, 5.74) is 1.71. The molecule has 1 aliphatic heterocycles. The van der Waals surface area contributed by atoms with Gasteiger partial charge in [0, 0.05) is 20.6 Å². The number of methoxy groups -OCH3 is 1. The Labute approximate surface area is 170 Å². The van der Waals surface area contributed by atoms with Crippen molar-refractivity contribution in [1.82, 2.24) is 4.31 Å². The Morgan fingerprint density at radius 1 is 1.07 bits per heavy atom. The summed E-state index contributed by atoms with van der Waals surface area (Å²) in [6.45, 7) is 1.84. The molecule has 29 heavy (non-hydrogen) atoms. The van der Waals surface area contributed by atoms with Gasteiger partial charge in [0.25, 0.3) is 10.0 Å². The molecule has 0 radical (unpaired) electrons.